The molecular weight excluding hydrogens is 214 g/mol. The summed E-state index contributed by atoms with van der Waals surface area (Å²) in [6.07, 6.45) is 0.102. The zero-order valence-electron chi connectivity index (χ0n) is 4.99. The summed E-state index contributed by atoms with van der Waals surface area (Å²) in [4.78, 5) is 19.8. The summed E-state index contributed by atoms with van der Waals surface area (Å²) in [5, 5.41) is 8.01. The molecule has 0 aliphatic heterocycles. The van der Waals surface area contributed by atoms with Crippen molar-refractivity contribution < 1.29 is 35.1 Å². The fourth-order valence-electron chi connectivity index (χ4n) is 0.283. The first-order valence-electron chi connectivity index (χ1n) is 2.34. The molecule has 0 aliphatic rings. The molecule has 0 amide bonds. The number of Topliss-reactive ketones (excluding diaryl/α,β-unsaturated/α-hetero) is 1. The van der Waals surface area contributed by atoms with Crippen LogP contribution >= 0.6 is 0 Å². The molecule has 0 atom stereocenters. The van der Waals surface area contributed by atoms with E-state index in [4.69, 9.17) is 5.11 Å². The van der Waals surface area contributed by atoms with Gasteiger partial charge in [-0.05, 0) is 6.92 Å². The molecule has 4 heteroatoms. The van der Waals surface area contributed by atoms with Crippen LogP contribution in [0.25, 0.3) is 0 Å². The average Bonchev–Trinajstić information content (AvgIpc) is 1.61. The van der Waals surface area contributed by atoms with Gasteiger partial charge in [-0.1, -0.05) is 0 Å². The normalized spacial score (nSPS) is 7.67. The predicted molar refractivity (Wildman–Crippen MR) is 27.6 cm³/mol. The van der Waals surface area contributed by atoms with Crippen LogP contribution in [0.3, 0.4) is 0 Å². The average molecular weight is 223 g/mol. The molecule has 0 aromatic rings. The van der Waals surface area contributed by atoms with Gasteiger partial charge in [-0.15, -0.1) is 0 Å². The van der Waals surface area contributed by atoms with Gasteiger partial charge in [0, 0.05) is 26.8 Å². The molecule has 0 unspecified atom stereocenters. The minimum Gasteiger partial charge on any atom is -0.481 e. The van der Waals surface area contributed by atoms with E-state index in [-0.39, 0.29) is 39.0 Å². The Balaban J connectivity index is 0. The largest absolute Gasteiger partial charge is 0.481 e. The molecule has 0 aliphatic carbocycles. The van der Waals surface area contributed by atoms with Crippen LogP contribution in [0.1, 0.15) is 19.8 Å². The van der Waals surface area contributed by atoms with E-state index in [1.54, 1.807) is 0 Å². The maximum atomic E-state index is 10.1. The standard InChI is InChI=1S/C5H8O3.Pd/c1-4(6)2-3-5(7)8;/h2-3H2,1H3,(H,7,8);. The first-order valence-corrected chi connectivity index (χ1v) is 2.34. The van der Waals surface area contributed by atoms with Crippen molar-refractivity contribution in [3.05, 3.63) is 0 Å². The van der Waals surface area contributed by atoms with Crippen molar-refractivity contribution in [3.63, 3.8) is 0 Å². The van der Waals surface area contributed by atoms with Crippen molar-refractivity contribution in [2.75, 3.05) is 0 Å². The van der Waals surface area contributed by atoms with Gasteiger partial charge in [0.15, 0.2) is 0 Å². The minimum atomic E-state index is -0.916. The van der Waals surface area contributed by atoms with Gasteiger partial charge in [0.2, 0.25) is 0 Å². The molecule has 56 valence electrons. The molecule has 0 spiro atoms. The summed E-state index contributed by atoms with van der Waals surface area (Å²) in [6, 6.07) is 0. The third-order valence-electron chi connectivity index (χ3n) is 0.691. The van der Waals surface area contributed by atoms with Gasteiger partial charge < -0.3 is 9.90 Å². The zero-order chi connectivity index (χ0) is 6.57. The molecule has 0 saturated heterocycles. The maximum absolute atomic E-state index is 10.1. The van der Waals surface area contributed by atoms with Crippen molar-refractivity contribution in [2.24, 2.45) is 0 Å². The van der Waals surface area contributed by atoms with Crippen molar-refractivity contribution in [3.8, 4) is 0 Å². The minimum absolute atomic E-state index is 0. The Morgan fingerprint density at radius 1 is 1.33 bits per heavy atom. The van der Waals surface area contributed by atoms with E-state index in [0.29, 0.717) is 0 Å². The van der Waals surface area contributed by atoms with Crippen LogP contribution in [0.15, 0.2) is 0 Å². The Morgan fingerprint density at radius 3 is 1.89 bits per heavy atom. The molecule has 0 bridgehead atoms. The zero-order valence-corrected chi connectivity index (χ0v) is 6.55. The van der Waals surface area contributed by atoms with E-state index in [1.807, 2.05) is 0 Å². The van der Waals surface area contributed by atoms with Crippen LogP contribution in [0.4, 0.5) is 0 Å². The summed E-state index contributed by atoms with van der Waals surface area (Å²) in [6.45, 7) is 1.38. The van der Waals surface area contributed by atoms with Gasteiger partial charge in [-0.2, -0.15) is 0 Å². The number of carbonyl (C=O) groups is 2. The van der Waals surface area contributed by atoms with Gasteiger partial charge in [0.25, 0.3) is 0 Å². The molecule has 3 nitrogen and oxygen atoms in total. The van der Waals surface area contributed by atoms with Gasteiger partial charge in [-0.25, -0.2) is 0 Å². The number of carbonyl (C=O) groups excluding carboxylic acids is 1. The second kappa shape index (κ2) is 5.93. The number of hydrogen-bond donors (Lipinski definition) is 1. The van der Waals surface area contributed by atoms with E-state index in [9.17, 15) is 9.59 Å². The fraction of sp³-hybridized carbons (Fsp3) is 0.600. The summed E-state index contributed by atoms with van der Waals surface area (Å²) in [7, 11) is 0. The number of hydrogen-bond acceptors (Lipinski definition) is 2. The van der Waals surface area contributed by atoms with Crippen molar-refractivity contribution in [2.45, 2.75) is 19.8 Å². The second-order valence-electron chi connectivity index (χ2n) is 1.60. The summed E-state index contributed by atoms with van der Waals surface area (Å²) >= 11 is 0. The molecule has 0 aromatic carbocycles. The van der Waals surface area contributed by atoms with Crippen LogP contribution in [0.5, 0.6) is 0 Å². The first-order chi connectivity index (χ1) is 3.63. The van der Waals surface area contributed by atoms with Gasteiger partial charge in [0.1, 0.15) is 5.78 Å². The van der Waals surface area contributed by atoms with Crippen LogP contribution in [-0.4, -0.2) is 16.9 Å². The molecule has 0 radical (unpaired) electrons. The molecule has 0 aromatic heterocycles. The molecule has 0 heterocycles. The molecule has 0 fully saturated rings. The number of aliphatic carboxylic acids is 1. The predicted octanol–water partition coefficient (Wildman–Crippen LogP) is 0.438. The SMILES string of the molecule is CC(=O)CCC(=O)O.[Pd]. The van der Waals surface area contributed by atoms with Gasteiger partial charge in [-0.3, -0.25) is 4.79 Å². The van der Waals surface area contributed by atoms with Crippen molar-refractivity contribution in [1.82, 2.24) is 0 Å². The van der Waals surface area contributed by atoms with E-state index >= 15 is 0 Å². The number of ketones is 1. The number of carboxylic acids is 1. The summed E-state index contributed by atoms with van der Waals surface area (Å²) in [5.41, 5.74) is 0. The van der Waals surface area contributed by atoms with Gasteiger partial charge in [0.05, 0.1) is 6.42 Å². The third-order valence-corrected chi connectivity index (χ3v) is 0.691. The van der Waals surface area contributed by atoms with Crippen LogP contribution in [-0.2, 0) is 30.0 Å². The Labute approximate surface area is 67.1 Å². The van der Waals surface area contributed by atoms with Crippen LogP contribution < -0.4 is 0 Å². The van der Waals surface area contributed by atoms with Gasteiger partial charge >= 0.3 is 5.97 Å². The topological polar surface area (TPSA) is 54.4 Å². The molecule has 1 N–H and O–H groups in total. The number of carboxylic acid groups (broad SMARTS) is 1. The second-order valence-corrected chi connectivity index (χ2v) is 1.60. The van der Waals surface area contributed by atoms with Crippen molar-refractivity contribution >= 4 is 11.8 Å². The smallest absolute Gasteiger partial charge is 0.303 e. The molecule has 0 saturated carbocycles. The first kappa shape index (κ1) is 11.6. The Hall–Kier alpha value is -0.198. The summed E-state index contributed by atoms with van der Waals surface area (Å²) < 4.78 is 0. The molecular formula is C5H8O3Pd. The van der Waals surface area contributed by atoms with Crippen LogP contribution in [0.2, 0.25) is 0 Å². The summed E-state index contributed by atoms with van der Waals surface area (Å²) in [5.74, 6) is -0.993. The van der Waals surface area contributed by atoms with E-state index < -0.39 is 5.97 Å². The molecule has 9 heavy (non-hydrogen) atoms. The van der Waals surface area contributed by atoms with E-state index in [1.165, 1.54) is 6.92 Å². The van der Waals surface area contributed by atoms with E-state index in [2.05, 4.69) is 0 Å². The Bertz CT molecular complexity index is 96.8. The van der Waals surface area contributed by atoms with E-state index in [0.717, 1.165) is 0 Å². The third kappa shape index (κ3) is 11.4. The Morgan fingerprint density at radius 2 is 1.78 bits per heavy atom. The quantitative estimate of drug-likeness (QED) is 0.705. The number of rotatable bonds is 3. The fourth-order valence-corrected chi connectivity index (χ4v) is 0.283. The Kier molecular flexibility index (Phi) is 7.63. The van der Waals surface area contributed by atoms with Crippen LogP contribution in [0, 0.1) is 0 Å². The monoisotopic (exact) mass is 222 g/mol. The molecule has 0 rings (SSSR count). The maximum Gasteiger partial charge on any atom is 0.303 e. The van der Waals surface area contributed by atoms with Crippen molar-refractivity contribution in [1.29, 1.82) is 0 Å².